The van der Waals surface area contributed by atoms with E-state index < -0.39 is 5.76 Å². The van der Waals surface area contributed by atoms with Gasteiger partial charge in [0.05, 0.1) is 0 Å². The summed E-state index contributed by atoms with van der Waals surface area (Å²) in [6.07, 6.45) is 0.993. The zero-order valence-electron chi connectivity index (χ0n) is 8.73. The Morgan fingerprint density at radius 2 is 2.00 bits per heavy atom. The number of nitrogens with zero attached hydrogens (tertiary/aromatic N) is 2. The summed E-state index contributed by atoms with van der Waals surface area (Å²) in [6, 6.07) is 7.82. The fourth-order valence-electron chi connectivity index (χ4n) is 1.35. The number of aromatic nitrogens is 2. The summed E-state index contributed by atoms with van der Waals surface area (Å²) in [5.41, 5.74) is 2.07. The summed E-state index contributed by atoms with van der Waals surface area (Å²) in [4.78, 5) is 11.1. The molecule has 0 fully saturated rings. The normalized spacial score (nSPS) is 10.5. The van der Waals surface area contributed by atoms with E-state index in [1.165, 1.54) is 10.2 Å². The average Bonchev–Trinajstić information content (AvgIpc) is 2.59. The van der Waals surface area contributed by atoms with Gasteiger partial charge in [-0.1, -0.05) is 19.1 Å². The second-order valence-corrected chi connectivity index (χ2v) is 3.35. The Morgan fingerprint density at radius 3 is 2.47 bits per heavy atom. The Balaban J connectivity index is 2.41. The molecule has 2 aromatic rings. The van der Waals surface area contributed by atoms with Crippen LogP contribution in [-0.4, -0.2) is 9.78 Å². The molecular weight excluding hydrogens is 192 g/mol. The molecular formula is C11H12N2O2. The minimum atomic E-state index is -0.440. The van der Waals surface area contributed by atoms with Crippen LogP contribution in [0.5, 0.6) is 0 Å². The van der Waals surface area contributed by atoms with Crippen molar-refractivity contribution < 1.29 is 4.42 Å². The van der Waals surface area contributed by atoms with E-state index in [0.29, 0.717) is 5.89 Å². The van der Waals surface area contributed by atoms with Gasteiger partial charge in [-0.05, 0) is 24.1 Å². The molecule has 4 heteroatoms. The molecule has 1 heterocycles. The number of hydrogen-bond acceptors (Lipinski definition) is 3. The molecule has 0 saturated heterocycles. The molecule has 1 aromatic carbocycles. The molecule has 0 amide bonds. The largest absolute Gasteiger partial charge is 0.437 e. The maximum atomic E-state index is 11.1. The zero-order valence-corrected chi connectivity index (χ0v) is 8.73. The monoisotopic (exact) mass is 204 g/mol. The first-order chi connectivity index (χ1) is 7.20. The second-order valence-electron chi connectivity index (χ2n) is 3.35. The van der Waals surface area contributed by atoms with Gasteiger partial charge in [-0.2, -0.15) is 4.68 Å². The molecule has 4 nitrogen and oxygen atoms in total. The average molecular weight is 204 g/mol. The van der Waals surface area contributed by atoms with E-state index in [0.717, 1.165) is 12.0 Å². The van der Waals surface area contributed by atoms with Gasteiger partial charge in [-0.15, -0.1) is 5.10 Å². The van der Waals surface area contributed by atoms with Crippen LogP contribution in [-0.2, 0) is 13.5 Å². The van der Waals surface area contributed by atoms with E-state index in [4.69, 9.17) is 4.42 Å². The third-order valence-electron chi connectivity index (χ3n) is 2.30. The molecule has 0 bridgehead atoms. The highest BCUT2D eigenvalue weighted by atomic mass is 16.4. The third-order valence-corrected chi connectivity index (χ3v) is 2.30. The first-order valence-corrected chi connectivity index (χ1v) is 4.84. The Hall–Kier alpha value is -1.84. The maximum absolute atomic E-state index is 11.1. The van der Waals surface area contributed by atoms with Crippen LogP contribution >= 0.6 is 0 Å². The molecule has 0 aliphatic heterocycles. The molecule has 2 rings (SSSR count). The Bertz CT molecular complexity index is 508. The number of hydrogen-bond donors (Lipinski definition) is 0. The van der Waals surface area contributed by atoms with Crippen LogP contribution in [0.15, 0.2) is 33.5 Å². The van der Waals surface area contributed by atoms with E-state index in [1.807, 2.05) is 24.3 Å². The van der Waals surface area contributed by atoms with Crippen molar-refractivity contribution in [3.05, 3.63) is 40.4 Å². The molecule has 15 heavy (non-hydrogen) atoms. The van der Waals surface area contributed by atoms with Crippen LogP contribution < -0.4 is 5.76 Å². The van der Waals surface area contributed by atoms with Crippen LogP contribution in [0.3, 0.4) is 0 Å². The first-order valence-electron chi connectivity index (χ1n) is 4.84. The van der Waals surface area contributed by atoms with Crippen molar-refractivity contribution in [1.29, 1.82) is 0 Å². The van der Waals surface area contributed by atoms with Crippen LogP contribution in [0, 0.1) is 0 Å². The summed E-state index contributed by atoms with van der Waals surface area (Å²) in [5.74, 6) is -0.0743. The molecule has 0 N–H and O–H groups in total. The van der Waals surface area contributed by atoms with Gasteiger partial charge in [-0.3, -0.25) is 0 Å². The highest BCUT2D eigenvalue weighted by molar-refractivity contribution is 5.52. The minimum Gasteiger partial charge on any atom is -0.388 e. The van der Waals surface area contributed by atoms with Crippen molar-refractivity contribution >= 4 is 0 Å². The molecule has 0 aliphatic rings. The fraction of sp³-hybridized carbons (Fsp3) is 0.273. The Morgan fingerprint density at radius 1 is 1.33 bits per heavy atom. The van der Waals surface area contributed by atoms with Crippen molar-refractivity contribution in [2.75, 3.05) is 0 Å². The van der Waals surface area contributed by atoms with Crippen molar-refractivity contribution in [3.63, 3.8) is 0 Å². The summed E-state index contributed by atoms with van der Waals surface area (Å²) in [5, 5.41) is 3.97. The van der Waals surface area contributed by atoms with E-state index in [1.54, 1.807) is 7.05 Å². The lowest BCUT2D eigenvalue weighted by Gasteiger charge is -1.97. The topological polar surface area (TPSA) is 48.0 Å². The van der Waals surface area contributed by atoms with Gasteiger partial charge in [0.25, 0.3) is 0 Å². The standard InChI is InChI=1S/C11H12N2O2/c1-3-8-4-6-9(7-5-8)10-12-13(2)11(14)15-10/h4-7H,3H2,1-2H3. The van der Waals surface area contributed by atoms with Crippen LogP contribution in [0.2, 0.25) is 0 Å². The third kappa shape index (κ3) is 1.83. The van der Waals surface area contributed by atoms with E-state index in [-0.39, 0.29) is 0 Å². The number of rotatable bonds is 2. The highest BCUT2D eigenvalue weighted by Gasteiger charge is 2.06. The SMILES string of the molecule is CCc1ccc(-c2nn(C)c(=O)o2)cc1. The van der Waals surface area contributed by atoms with E-state index >= 15 is 0 Å². The molecule has 1 aromatic heterocycles. The molecule has 0 radical (unpaired) electrons. The molecule has 0 atom stereocenters. The summed E-state index contributed by atoms with van der Waals surface area (Å²) >= 11 is 0. The fourth-order valence-corrected chi connectivity index (χ4v) is 1.35. The van der Waals surface area contributed by atoms with Gasteiger partial charge < -0.3 is 4.42 Å². The van der Waals surface area contributed by atoms with Crippen molar-refractivity contribution in [2.24, 2.45) is 7.05 Å². The Kier molecular flexibility index (Phi) is 2.41. The summed E-state index contributed by atoms with van der Waals surface area (Å²) in [6.45, 7) is 2.09. The number of benzene rings is 1. The molecule has 0 aliphatic carbocycles. The summed E-state index contributed by atoms with van der Waals surface area (Å²) < 4.78 is 6.15. The van der Waals surface area contributed by atoms with Crippen LogP contribution in [0.1, 0.15) is 12.5 Å². The predicted octanol–water partition coefficient (Wildman–Crippen LogP) is 1.60. The lowest BCUT2D eigenvalue weighted by Crippen LogP contribution is -2.09. The van der Waals surface area contributed by atoms with Gasteiger partial charge in [0.1, 0.15) is 0 Å². The lowest BCUT2D eigenvalue weighted by molar-refractivity contribution is 0.505. The summed E-state index contributed by atoms with van der Waals surface area (Å²) in [7, 11) is 1.57. The van der Waals surface area contributed by atoms with Crippen LogP contribution in [0.25, 0.3) is 11.5 Å². The quantitative estimate of drug-likeness (QED) is 0.746. The van der Waals surface area contributed by atoms with Crippen molar-refractivity contribution in [1.82, 2.24) is 9.78 Å². The number of aryl methyl sites for hydroxylation is 2. The molecule has 78 valence electrons. The van der Waals surface area contributed by atoms with E-state index in [2.05, 4.69) is 12.0 Å². The smallest absolute Gasteiger partial charge is 0.388 e. The van der Waals surface area contributed by atoms with Crippen molar-refractivity contribution in [2.45, 2.75) is 13.3 Å². The highest BCUT2D eigenvalue weighted by Crippen LogP contribution is 2.15. The van der Waals surface area contributed by atoms with Gasteiger partial charge >= 0.3 is 5.76 Å². The second kappa shape index (κ2) is 3.73. The predicted molar refractivity (Wildman–Crippen MR) is 56.6 cm³/mol. The molecule has 0 spiro atoms. The van der Waals surface area contributed by atoms with Crippen molar-refractivity contribution in [3.8, 4) is 11.5 Å². The van der Waals surface area contributed by atoms with Gasteiger partial charge in [0.2, 0.25) is 5.89 Å². The van der Waals surface area contributed by atoms with Gasteiger partial charge in [0.15, 0.2) is 0 Å². The molecule has 0 unspecified atom stereocenters. The Labute approximate surface area is 87.2 Å². The maximum Gasteiger partial charge on any atom is 0.437 e. The van der Waals surface area contributed by atoms with Crippen LogP contribution in [0.4, 0.5) is 0 Å². The zero-order chi connectivity index (χ0) is 10.8. The first kappa shape index (κ1) is 9.71. The lowest BCUT2D eigenvalue weighted by atomic mass is 10.1. The minimum absolute atomic E-state index is 0.366. The van der Waals surface area contributed by atoms with Gasteiger partial charge in [0, 0.05) is 12.6 Å². The van der Waals surface area contributed by atoms with E-state index in [9.17, 15) is 4.79 Å². The molecule has 0 saturated carbocycles. The van der Waals surface area contributed by atoms with Gasteiger partial charge in [-0.25, -0.2) is 4.79 Å².